The molecule has 1 aliphatic heterocycles. The Hall–Kier alpha value is -1.74. The van der Waals surface area contributed by atoms with E-state index in [2.05, 4.69) is 15.4 Å². The Morgan fingerprint density at radius 1 is 1.40 bits per heavy atom. The number of halogens is 5. The Morgan fingerprint density at radius 3 is 2.68 bits per heavy atom. The van der Waals surface area contributed by atoms with E-state index in [-0.39, 0.29) is 37.1 Å². The van der Waals surface area contributed by atoms with E-state index in [0.717, 1.165) is 0 Å². The molecule has 1 heterocycles. The van der Waals surface area contributed by atoms with Crippen LogP contribution in [0.2, 0.25) is 0 Å². The molecule has 1 atom stereocenters. The third kappa shape index (κ3) is 6.24. The van der Waals surface area contributed by atoms with E-state index in [0.29, 0.717) is 5.56 Å². The third-order valence-corrected chi connectivity index (χ3v) is 3.42. The summed E-state index contributed by atoms with van der Waals surface area (Å²) in [5.41, 5.74) is 0.568. The van der Waals surface area contributed by atoms with Crippen LogP contribution in [0.1, 0.15) is 18.9 Å². The van der Waals surface area contributed by atoms with Crippen LogP contribution in [0.5, 0.6) is 11.5 Å². The predicted octanol–water partition coefficient (Wildman–Crippen LogP) is 2.72. The van der Waals surface area contributed by atoms with Crippen LogP contribution in [-0.2, 0) is 11.3 Å². The highest BCUT2D eigenvalue weighted by molar-refractivity contribution is 5.85. The molecule has 142 valence electrons. The monoisotopic (exact) mass is 386 g/mol. The zero-order chi connectivity index (χ0) is 17.7. The quantitative estimate of drug-likeness (QED) is 0.707. The molecule has 2 N–H and O–H groups in total. The molecular formula is C15H19ClF4N2O3. The largest absolute Gasteiger partial charge is 0.490 e. The first-order chi connectivity index (χ1) is 11.3. The summed E-state index contributed by atoms with van der Waals surface area (Å²) in [6.45, 7) is -1.52. The molecule has 0 saturated carbocycles. The molecule has 1 amide bonds. The van der Waals surface area contributed by atoms with E-state index in [9.17, 15) is 22.4 Å². The van der Waals surface area contributed by atoms with Crippen molar-refractivity contribution in [2.24, 2.45) is 0 Å². The van der Waals surface area contributed by atoms with E-state index in [4.69, 9.17) is 4.74 Å². The van der Waals surface area contributed by atoms with Gasteiger partial charge in [-0.1, -0.05) is 6.07 Å². The lowest BCUT2D eigenvalue weighted by molar-refractivity contribution is -0.123. The maximum atomic E-state index is 13.1. The molecule has 1 saturated heterocycles. The highest BCUT2D eigenvalue weighted by Gasteiger charge is 2.42. The molecule has 0 radical (unpaired) electrons. The average molecular weight is 387 g/mol. The van der Waals surface area contributed by atoms with E-state index >= 15 is 0 Å². The van der Waals surface area contributed by atoms with Crippen molar-refractivity contribution in [2.45, 2.75) is 38.5 Å². The maximum Gasteiger partial charge on any atom is 0.387 e. The number of carbonyl (C=O) groups excluding carboxylic acids is 1. The van der Waals surface area contributed by atoms with Gasteiger partial charge in [0, 0.05) is 13.0 Å². The fraction of sp³-hybridized carbons (Fsp3) is 0.533. The van der Waals surface area contributed by atoms with Gasteiger partial charge < -0.3 is 14.8 Å². The van der Waals surface area contributed by atoms with E-state index in [1.54, 1.807) is 6.92 Å². The van der Waals surface area contributed by atoms with Crippen LogP contribution in [0, 0.1) is 0 Å². The zero-order valence-corrected chi connectivity index (χ0v) is 14.2. The molecule has 1 aromatic rings. The summed E-state index contributed by atoms with van der Waals surface area (Å²) in [5.74, 6) is -3.43. The predicted molar refractivity (Wildman–Crippen MR) is 84.7 cm³/mol. The molecular weight excluding hydrogens is 368 g/mol. The minimum absolute atomic E-state index is 0. The molecule has 1 aromatic carbocycles. The minimum Gasteiger partial charge on any atom is -0.490 e. The van der Waals surface area contributed by atoms with Crippen molar-refractivity contribution in [3.8, 4) is 11.5 Å². The summed E-state index contributed by atoms with van der Waals surface area (Å²) in [4.78, 5) is 11.9. The zero-order valence-electron chi connectivity index (χ0n) is 13.4. The van der Waals surface area contributed by atoms with Crippen LogP contribution >= 0.6 is 12.4 Å². The second-order valence-corrected chi connectivity index (χ2v) is 5.30. The molecule has 5 nitrogen and oxygen atoms in total. The number of hydrogen-bond acceptors (Lipinski definition) is 4. The van der Waals surface area contributed by atoms with Gasteiger partial charge in [-0.15, -0.1) is 12.4 Å². The highest BCUT2D eigenvalue weighted by Crippen LogP contribution is 2.30. The van der Waals surface area contributed by atoms with Crippen molar-refractivity contribution < 1.29 is 31.8 Å². The lowest BCUT2D eigenvalue weighted by Crippen LogP contribution is -2.40. The van der Waals surface area contributed by atoms with Crippen molar-refractivity contribution in [2.75, 3.05) is 13.2 Å². The summed E-state index contributed by atoms with van der Waals surface area (Å²) < 4.78 is 60.4. The summed E-state index contributed by atoms with van der Waals surface area (Å²) in [6, 6.07) is 3.29. The van der Waals surface area contributed by atoms with E-state index < -0.39 is 37.4 Å². The van der Waals surface area contributed by atoms with Crippen molar-refractivity contribution in [1.29, 1.82) is 0 Å². The number of amides is 1. The van der Waals surface area contributed by atoms with Crippen LogP contribution in [0.4, 0.5) is 17.6 Å². The number of carbonyl (C=O) groups is 1. The van der Waals surface area contributed by atoms with Crippen molar-refractivity contribution >= 4 is 18.3 Å². The average Bonchev–Trinajstić information content (AvgIpc) is 2.87. The van der Waals surface area contributed by atoms with Crippen molar-refractivity contribution in [1.82, 2.24) is 10.6 Å². The topological polar surface area (TPSA) is 59.6 Å². The highest BCUT2D eigenvalue weighted by atomic mass is 35.5. The Balaban J connectivity index is 0.00000312. The molecule has 1 aliphatic rings. The fourth-order valence-corrected chi connectivity index (χ4v) is 2.34. The Morgan fingerprint density at radius 2 is 2.12 bits per heavy atom. The van der Waals surface area contributed by atoms with Gasteiger partial charge in [0.15, 0.2) is 11.5 Å². The van der Waals surface area contributed by atoms with E-state index in [1.807, 2.05) is 0 Å². The first-order valence-corrected chi connectivity index (χ1v) is 7.40. The van der Waals surface area contributed by atoms with Gasteiger partial charge >= 0.3 is 6.61 Å². The maximum absolute atomic E-state index is 13.1. The molecule has 10 heteroatoms. The Kier molecular flexibility index (Phi) is 7.75. The van der Waals surface area contributed by atoms with Crippen molar-refractivity contribution in [3.63, 3.8) is 0 Å². The van der Waals surface area contributed by atoms with E-state index in [1.165, 1.54) is 18.2 Å². The first kappa shape index (κ1) is 21.3. The van der Waals surface area contributed by atoms with Gasteiger partial charge in [-0.05, 0) is 24.6 Å². The van der Waals surface area contributed by atoms with Crippen molar-refractivity contribution in [3.05, 3.63) is 23.8 Å². The number of nitrogens with one attached hydrogen (secondary N) is 2. The van der Waals surface area contributed by atoms with Crippen LogP contribution in [0.25, 0.3) is 0 Å². The lowest BCUT2D eigenvalue weighted by Gasteiger charge is -2.14. The van der Waals surface area contributed by atoms with Crippen LogP contribution in [-0.4, -0.2) is 37.6 Å². The van der Waals surface area contributed by atoms with Gasteiger partial charge in [0.05, 0.1) is 19.2 Å². The van der Waals surface area contributed by atoms with Gasteiger partial charge in [0.2, 0.25) is 5.91 Å². The van der Waals surface area contributed by atoms with Crippen LogP contribution in [0.3, 0.4) is 0 Å². The molecule has 1 unspecified atom stereocenters. The Bertz CT molecular complexity index is 590. The number of rotatable bonds is 7. The van der Waals surface area contributed by atoms with Crippen LogP contribution in [0.15, 0.2) is 18.2 Å². The molecule has 0 bridgehead atoms. The molecule has 0 aliphatic carbocycles. The summed E-state index contributed by atoms with van der Waals surface area (Å²) >= 11 is 0. The molecule has 25 heavy (non-hydrogen) atoms. The Labute approximate surface area is 148 Å². The molecule has 1 fully saturated rings. The SMILES string of the molecule is CCOc1cc(CNC(=O)C2CC(F)(F)CN2)ccc1OC(F)F.Cl. The summed E-state index contributed by atoms with van der Waals surface area (Å²) in [6.07, 6.45) is -0.551. The number of alkyl halides is 4. The fourth-order valence-electron chi connectivity index (χ4n) is 2.34. The number of hydrogen-bond donors (Lipinski definition) is 2. The number of ether oxygens (including phenoxy) is 2. The van der Waals surface area contributed by atoms with Crippen LogP contribution < -0.4 is 20.1 Å². The van der Waals surface area contributed by atoms with Gasteiger partial charge in [-0.2, -0.15) is 8.78 Å². The van der Waals surface area contributed by atoms with Gasteiger partial charge in [0.25, 0.3) is 5.92 Å². The molecule has 0 spiro atoms. The molecule has 0 aromatic heterocycles. The number of benzene rings is 1. The lowest BCUT2D eigenvalue weighted by atomic mass is 10.1. The summed E-state index contributed by atoms with van der Waals surface area (Å²) in [5, 5.41) is 4.98. The second-order valence-electron chi connectivity index (χ2n) is 5.30. The minimum atomic E-state index is -2.98. The first-order valence-electron chi connectivity index (χ1n) is 7.40. The standard InChI is InChI=1S/C15H18F4N2O3.ClH/c1-2-23-12-5-9(3-4-11(12)24-14(16)17)7-20-13(22)10-6-15(18,19)8-21-10;/h3-5,10,14,21H,2,6-8H2,1H3,(H,20,22);1H. The summed E-state index contributed by atoms with van der Waals surface area (Å²) in [7, 11) is 0. The molecule has 2 rings (SSSR count). The van der Waals surface area contributed by atoms with Gasteiger partial charge in [0.1, 0.15) is 0 Å². The van der Waals surface area contributed by atoms with Gasteiger partial charge in [-0.3, -0.25) is 10.1 Å². The third-order valence-electron chi connectivity index (χ3n) is 3.42. The van der Waals surface area contributed by atoms with Gasteiger partial charge in [-0.25, -0.2) is 8.78 Å². The normalized spacial score (nSPS) is 18.6. The second kappa shape index (κ2) is 9.10. The smallest absolute Gasteiger partial charge is 0.387 e.